The van der Waals surface area contributed by atoms with E-state index in [1.165, 1.54) is 0 Å². The second-order valence-corrected chi connectivity index (χ2v) is 4.64. The first-order chi connectivity index (χ1) is 8.75. The molecule has 2 unspecified atom stereocenters. The Kier molecular flexibility index (Phi) is 2.68. The minimum absolute atomic E-state index is 0.00175. The lowest BCUT2D eigenvalue weighted by molar-refractivity contribution is 0.0944. The van der Waals surface area contributed by atoms with Gasteiger partial charge in [-0.2, -0.15) is 0 Å². The molecule has 2 atom stereocenters. The Bertz CT molecular complexity index is 628. The van der Waals surface area contributed by atoms with Gasteiger partial charge in [-0.15, -0.1) is 0 Å². The number of hydrogen-bond acceptors (Lipinski definition) is 3. The summed E-state index contributed by atoms with van der Waals surface area (Å²) in [7, 11) is 0. The molecule has 0 saturated carbocycles. The van der Waals surface area contributed by atoms with E-state index in [1.807, 2.05) is 42.5 Å². The summed E-state index contributed by atoms with van der Waals surface area (Å²) in [5.41, 5.74) is 7.27. The van der Waals surface area contributed by atoms with Crippen LogP contribution < -0.4 is 5.73 Å². The Morgan fingerprint density at radius 2 is 2.06 bits per heavy atom. The number of para-hydroxylation sites is 1. The van der Waals surface area contributed by atoms with Crippen LogP contribution in [0.5, 0.6) is 0 Å². The number of aromatic nitrogens is 1. The largest absolute Gasteiger partial charge is 0.324 e. The van der Waals surface area contributed by atoms with Gasteiger partial charge in [0.25, 0.3) is 0 Å². The van der Waals surface area contributed by atoms with Gasteiger partial charge in [0, 0.05) is 29.1 Å². The van der Waals surface area contributed by atoms with E-state index in [2.05, 4.69) is 4.98 Å². The molecule has 3 rings (SSSR count). The van der Waals surface area contributed by atoms with Gasteiger partial charge in [-0.25, -0.2) is 0 Å². The third-order valence-electron chi connectivity index (χ3n) is 3.35. The zero-order valence-electron chi connectivity index (χ0n) is 9.91. The highest BCUT2D eigenvalue weighted by atomic mass is 16.1. The summed E-state index contributed by atoms with van der Waals surface area (Å²) in [4.78, 5) is 16.8. The van der Waals surface area contributed by atoms with Crippen molar-refractivity contribution in [2.75, 3.05) is 0 Å². The van der Waals surface area contributed by atoms with Gasteiger partial charge in [-0.1, -0.05) is 30.4 Å². The summed E-state index contributed by atoms with van der Waals surface area (Å²) in [6, 6.07) is 9.56. The van der Waals surface area contributed by atoms with Crippen LogP contribution in [0, 0.1) is 5.92 Å². The Labute approximate surface area is 105 Å². The molecule has 90 valence electrons. The highest BCUT2D eigenvalue weighted by Crippen LogP contribution is 2.25. The van der Waals surface area contributed by atoms with Crippen LogP contribution in [-0.4, -0.2) is 16.8 Å². The van der Waals surface area contributed by atoms with Gasteiger partial charge in [-0.05, 0) is 18.6 Å². The molecule has 1 heterocycles. The van der Waals surface area contributed by atoms with Crippen molar-refractivity contribution in [3.8, 4) is 0 Å². The summed E-state index contributed by atoms with van der Waals surface area (Å²) in [5.74, 6) is 0.0103. The molecule has 2 aromatic rings. The number of nitrogens with two attached hydrogens (primary N) is 1. The molecule has 0 radical (unpaired) electrons. The molecule has 1 aromatic carbocycles. The maximum atomic E-state index is 12.5. The first-order valence-electron chi connectivity index (χ1n) is 6.07. The highest BCUT2D eigenvalue weighted by molar-refractivity contribution is 6.08. The van der Waals surface area contributed by atoms with Crippen molar-refractivity contribution in [1.82, 2.24) is 4.98 Å². The van der Waals surface area contributed by atoms with E-state index < -0.39 is 0 Å². The van der Waals surface area contributed by atoms with Crippen molar-refractivity contribution in [3.05, 3.63) is 54.2 Å². The second-order valence-electron chi connectivity index (χ2n) is 4.64. The standard InChI is InChI=1S/C15H14N2O/c16-12-7-6-11(9-12)15(18)13-5-1-3-10-4-2-8-17-14(10)13/h1-8,11-12H,9,16H2. The lowest BCUT2D eigenvalue weighted by Crippen LogP contribution is -2.19. The monoisotopic (exact) mass is 238 g/mol. The van der Waals surface area contributed by atoms with Gasteiger partial charge in [0.05, 0.1) is 5.52 Å². The van der Waals surface area contributed by atoms with Crippen molar-refractivity contribution in [2.24, 2.45) is 11.7 Å². The summed E-state index contributed by atoms with van der Waals surface area (Å²) < 4.78 is 0. The molecular formula is C15H14N2O. The lowest BCUT2D eigenvalue weighted by Gasteiger charge is -2.10. The predicted molar refractivity (Wildman–Crippen MR) is 71.3 cm³/mol. The van der Waals surface area contributed by atoms with E-state index in [0.717, 1.165) is 10.9 Å². The average molecular weight is 238 g/mol. The maximum absolute atomic E-state index is 12.5. The number of pyridine rings is 1. The van der Waals surface area contributed by atoms with Crippen LogP contribution in [0.15, 0.2) is 48.7 Å². The second kappa shape index (κ2) is 4.35. The average Bonchev–Trinajstić information content (AvgIpc) is 2.84. The number of fused-ring (bicyclic) bond motifs is 1. The molecule has 1 aliphatic carbocycles. The molecule has 1 aromatic heterocycles. The number of benzene rings is 1. The zero-order chi connectivity index (χ0) is 12.5. The topological polar surface area (TPSA) is 56.0 Å². The van der Waals surface area contributed by atoms with Gasteiger partial charge in [0.1, 0.15) is 0 Å². The molecule has 2 N–H and O–H groups in total. The fourth-order valence-electron chi connectivity index (χ4n) is 2.42. The summed E-state index contributed by atoms with van der Waals surface area (Å²) in [5, 5.41) is 0.995. The van der Waals surface area contributed by atoms with Crippen LogP contribution in [0.2, 0.25) is 0 Å². The van der Waals surface area contributed by atoms with Gasteiger partial charge >= 0.3 is 0 Å². The zero-order valence-corrected chi connectivity index (χ0v) is 9.91. The molecule has 18 heavy (non-hydrogen) atoms. The Hall–Kier alpha value is -2.00. The minimum atomic E-state index is -0.104. The summed E-state index contributed by atoms with van der Waals surface area (Å²) >= 11 is 0. The van der Waals surface area contributed by atoms with Crippen LogP contribution in [-0.2, 0) is 0 Å². The first kappa shape index (κ1) is 11.1. The van der Waals surface area contributed by atoms with Crippen molar-refractivity contribution in [3.63, 3.8) is 0 Å². The number of rotatable bonds is 2. The Morgan fingerprint density at radius 3 is 2.83 bits per heavy atom. The third kappa shape index (κ3) is 1.83. The van der Waals surface area contributed by atoms with Gasteiger partial charge in [-0.3, -0.25) is 9.78 Å². The molecule has 0 bridgehead atoms. The van der Waals surface area contributed by atoms with Crippen LogP contribution in [0.3, 0.4) is 0 Å². The molecule has 0 aliphatic heterocycles. The van der Waals surface area contributed by atoms with E-state index >= 15 is 0 Å². The number of carbonyl (C=O) groups is 1. The van der Waals surface area contributed by atoms with Crippen molar-refractivity contribution >= 4 is 16.7 Å². The van der Waals surface area contributed by atoms with E-state index in [-0.39, 0.29) is 17.7 Å². The van der Waals surface area contributed by atoms with E-state index in [0.29, 0.717) is 12.0 Å². The van der Waals surface area contributed by atoms with Crippen LogP contribution in [0.25, 0.3) is 10.9 Å². The smallest absolute Gasteiger partial charge is 0.171 e. The fourth-order valence-corrected chi connectivity index (χ4v) is 2.42. The Morgan fingerprint density at radius 1 is 1.22 bits per heavy atom. The molecular weight excluding hydrogens is 224 g/mol. The molecule has 0 fully saturated rings. The summed E-state index contributed by atoms with van der Waals surface area (Å²) in [6.45, 7) is 0. The Balaban J connectivity index is 2.04. The number of Topliss-reactive ketones (excluding diaryl/α,β-unsaturated/α-hetero) is 1. The van der Waals surface area contributed by atoms with E-state index in [9.17, 15) is 4.79 Å². The molecule has 1 aliphatic rings. The molecule has 0 spiro atoms. The molecule has 0 amide bonds. The SMILES string of the molecule is NC1C=CC(C(=O)c2cccc3cccnc23)C1. The lowest BCUT2D eigenvalue weighted by atomic mass is 9.95. The van der Waals surface area contributed by atoms with Crippen LogP contribution >= 0.6 is 0 Å². The molecule has 0 saturated heterocycles. The van der Waals surface area contributed by atoms with E-state index in [1.54, 1.807) is 6.20 Å². The quantitative estimate of drug-likeness (QED) is 0.645. The van der Waals surface area contributed by atoms with E-state index in [4.69, 9.17) is 5.73 Å². The first-order valence-corrected chi connectivity index (χ1v) is 6.07. The highest BCUT2D eigenvalue weighted by Gasteiger charge is 2.25. The number of hydrogen-bond donors (Lipinski definition) is 1. The number of allylic oxidation sites excluding steroid dienone is 1. The minimum Gasteiger partial charge on any atom is -0.324 e. The molecule has 3 nitrogen and oxygen atoms in total. The van der Waals surface area contributed by atoms with Crippen LogP contribution in [0.1, 0.15) is 16.8 Å². The van der Waals surface area contributed by atoms with Gasteiger partial charge < -0.3 is 5.73 Å². The summed E-state index contributed by atoms with van der Waals surface area (Å²) in [6.07, 6.45) is 6.23. The van der Waals surface area contributed by atoms with Crippen molar-refractivity contribution < 1.29 is 4.79 Å². The number of nitrogens with zero attached hydrogens (tertiary/aromatic N) is 1. The van der Waals surface area contributed by atoms with Gasteiger partial charge in [0.2, 0.25) is 0 Å². The van der Waals surface area contributed by atoms with Gasteiger partial charge in [0.15, 0.2) is 5.78 Å². The van der Waals surface area contributed by atoms with Crippen molar-refractivity contribution in [2.45, 2.75) is 12.5 Å². The third-order valence-corrected chi connectivity index (χ3v) is 3.35. The predicted octanol–water partition coefficient (Wildman–Crippen LogP) is 2.32. The van der Waals surface area contributed by atoms with Crippen LogP contribution in [0.4, 0.5) is 0 Å². The number of carbonyl (C=O) groups excluding carboxylic acids is 1. The molecule has 3 heteroatoms. The fraction of sp³-hybridized carbons (Fsp3) is 0.200. The van der Waals surface area contributed by atoms with Crippen molar-refractivity contribution in [1.29, 1.82) is 0 Å². The number of ketones is 1. The normalized spacial score (nSPS) is 22.5. The maximum Gasteiger partial charge on any atom is 0.171 e.